The summed E-state index contributed by atoms with van der Waals surface area (Å²) in [6.07, 6.45) is 15.1. The molecule has 0 fully saturated rings. The first-order valence-electron chi connectivity index (χ1n) is 10.8. The quantitative estimate of drug-likeness (QED) is 0.316. The van der Waals surface area contributed by atoms with Gasteiger partial charge in [0.1, 0.15) is 23.2 Å². The van der Waals surface area contributed by atoms with Crippen LogP contribution in [0, 0.1) is 0 Å². The summed E-state index contributed by atoms with van der Waals surface area (Å²) < 4.78 is 35.7. The lowest BCUT2D eigenvalue weighted by molar-refractivity contribution is -0.481. The average molecular weight is 411 g/mol. The number of rotatable bonds is 12. The molecule has 1 aromatic carbocycles. The van der Waals surface area contributed by atoms with Crippen molar-refractivity contribution in [3.63, 3.8) is 0 Å². The Balaban J connectivity index is 0.000000552. The molecule has 1 aliphatic heterocycles. The van der Waals surface area contributed by atoms with Crippen molar-refractivity contribution in [2.45, 2.75) is 82.4 Å². The second-order valence-electron chi connectivity index (χ2n) is 7.56. The van der Waals surface area contributed by atoms with Gasteiger partial charge in [0.05, 0.1) is 11.9 Å². The van der Waals surface area contributed by atoms with Crippen molar-refractivity contribution in [3.8, 4) is 0 Å². The Labute approximate surface area is 172 Å². The van der Waals surface area contributed by atoms with Crippen molar-refractivity contribution in [1.82, 2.24) is 5.32 Å². The summed E-state index contributed by atoms with van der Waals surface area (Å²) in [6.45, 7) is 4.49. The van der Waals surface area contributed by atoms with E-state index < -0.39 is 10.1 Å². The normalized spacial score (nSPS) is 13.5. The molecule has 28 heavy (non-hydrogen) atoms. The Kier molecular flexibility index (Phi) is 12.8. The molecule has 0 atom stereocenters. The van der Waals surface area contributed by atoms with Gasteiger partial charge < -0.3 is 4.55 Å². The maximum Gasteiger partial charge on any atom is 0.232 e. The molecule has 0 radical (unpaired) electrons. The van der Waals surface area contributed by atoms with Gasteiger partial charge in [0, 0.05) is 0 Å². The van der Waals surface area contributed by atoms with Gasteiger partial charge in [-0.3, -0.25) is 9.89 Å². The van der Waals surface area contributed by atoms with Crippen LogP contribution in [0.25, 0.3) is 0 Å². The minimum Gasteiger partial charge on any atom is -0.744 e. The third-order valence-corrected chi connectivity index (χ3v) is 5.90. The number of likely N-dealkylation sites (N-methyl/N-ethyl adjacent to an activating group) is 1. The largest absolute Gasteiger partial charge is 0.744 e. The van der Waals surface area contributed by atoms with Gasteiger partial charge in [0.25, 0.3) is 0 Å². The molecule has 5 nitrogen and oxygen atoms in total. The van der Waals surface area contributed by atoms with Crippen LogP contribution < -0.4 is 5.32 Å². The smallest absolute Gasteiger partial charge is 0.232 e. The van der Waals surface area contributed by atoms with Crippen LogP contribution in [-0.2, 0) is 16.5 Å². The van der Waals surface area contributed by atoms with Crippen LogP contribution in [-0.4, -0.2) is 44.0 Å². The van der Waals surface area contributed by atoms with Crippen LogP contribution in [0.2, 0.25) is 0 Å². The fourth-order valence-corrected chi connectivity index (χ4v) is 4.02. The van der Waals surface area contributed by atoms with Crippen molar-refractivity contribution < 1.29 is 17.5 Å². The molecule has 1 heterocycles. The summed E-state index contributed by atoms with van der Waals surface area (Å²) in [5.74, 6) is 0. The molecule has 160 valence electrons. The molecule has 0 aliphatic carbocycles. The van der Waals surface area contributed by atoms with Gasteiger partial charge in [-0.15, -0.1) is 0 Å². The van der Waals surface area contributed by atoms with E-state index in [0.29, 0.717) is 12.0 Å². The van der Waals surface area contributed by atoms with Crippen molar-refractivity contribution in [2.75, 3.05) is 20.1 Å². The predicted octanol–water partition coefficient (Wildman–Crippen LogP) is 4.31. The van der Waals surface area contributed by atoms with E-state index in [1.807, 2.05) is 6.34 Å². The number of benzene rings is 1. The SMILES string of the molecule is CCCCCCCCCCCCc1ccccc1S(=O)(=O)[O-].C[N+]1=CNCC1. The number of hydrogen-bond donors (Lipinski definition) is 1. The molecule has 6 heteroatoms. The zero-order valence-electron chi connectivity index (χ0n) is 17.7. The molecule has 0 saturated heterocycles. The molecular formula is C22H38N2O3S. The van der Waals surface area contributed by atoms with Crippen LogP contribution in [0.15, 0.2) is 29.2 Å². The lowest BCUT2D eigenvalue weighted by atomic mass is 10.0. The van der Waals surface area contributed by atoms with Gasteiger partial charge >= 0.3 is 0 Å². The first-order valence-corrected chi connectivity index (χ1v) is 12.2. The number of nitrogens with zero attached hydrogens (tertiary/aromatic N) is 1. The van der Waals surface area contributed by atoms with E-state index in [9.17, 15) is 13.0 Å². The van der Waals surface area contributed by atoms with Crippen molar-refractivity contribution in [3.05, 3.63) is 29.8 Å². The monoisotopic (exact) mass is 410 g/mol. The van der Waals surface area contributed by atoms with E-state index in [4.69, 9.17) is 0 Å². The lowest BCUT2D eigenvalue weighted by Crippen LogP contribution is -2.05. The fraction of sp³-hybridized carbons (Fsp3) is 0.682. The molecule has 0 aromatic heterocycles. The molecule has 0 spiro atoms. The zero-order chi connectivity index (χ0) is 20.7. The van der Waals surface area contributed by atoms with Gasteiger partial charge in [0.15, 0.2) is 0 Å². The van der Waals surface area contributed by atoms with Crippen molar-refractivity contribution >= 4 is 16.5 Å². The molecule has 0 amide bonds. The first kappa shape index (κ1) is 24.6. The lowest BCUT2D eigenvalue weighted by Gasteiger charge is -2.12. The Bertz CT molecular complexity index is 672. The fourth-order valence-electron chi connectivity index (χ4n) is 3.28. The van der Waals surface area contributed by atoms with Crippen molar-refractivity contribution in [2.24, 2.45) is 0 Å². The predicted molar refractivity (Wildman–Crippen MR) is 115 cm³/mol. The van der Waals surface area contributed by atoms with Crippen molar-refractivity contribution in [1.29, 1.82) is 0 Å². The van der Waals surface area contributed by atoms with Gasteiger partial charge in [-0.2, -0.15) is 0 Å². The minimum absolute atomic E-state index is 0.0501. The molecule has 0 bridgehead atoms. The highest BCUT2D eigenvalue weighted by Gasteiger charge is 2.07. The number of unbranched alkanes of at least 4 members (excludes halogenated alkanes) is 9. The summed E-state index contributed by atoms with van der Waals surface area (Å²) in [7, 11) is -2.29. The van der Waals surface area contributed by atoms with Crippen LogP contribution in [0.5, 0.6) is 0 Å². The summed E-state index contributed by atoms with van der Waals surface area (Å²) in [4.78, 5) is -0.0501. The van der Waals surface area contributed by atoms with Gasteiger partial charge in [-0.1, -0.05) is 82.9 Å². The summed E-state index contributed by atoms with van der Waals surface area (Å²) >= 11 is 0. The second kappa shape index (κ2) is 14.6. The standard InChI is InChI=1S/C18H30O3S.C4H8N2/c1-2-3-4-5-6-7-8-9-10-11-14-17-15-12-13-16-18(17)22(19,20)21;1-6-3-2-5-4-6/h12-13,15-16H,2-11,14H2,1H3,(H,19,20,21);4H,2-3H2,1H3. The highest BCUT2D eigenvalue weighted by atomic mass is 32.2. The van der Waals surface area contributed by atoms with E-state index in [1.54, 1.807) is 18.2 Å². The Morgan fingerprint density at radius 3 is 2.00 bits per heavy atom. The Hall–Kier alpha value is -1.40. The topological polar surface area (TPSA) is 72.2 Å². The van der Waals surface area contributed by atoms with Crippen LogP contribution in [0.3, 0.4) is 0 Å². The van der Waals surface area contributed by atoms with E-state index >= 15 is 0 Å². The maximum absolute atomic E-state index is 11.2. The van der Waals surface area contributed by atoms with E-state index in [-0.39, 0.29) is 4.90 Å². The molecule has 0 saturated carbocycles. The van der Waals surface area contributed by atoms with Gasteiger partial charge in [-0.05, 0) is 24.5 Å². The van der Waals surface area contributed by atoms with Gasteiger partial charge in [-0.25, -0.2) is 8.42 Å². The maximum atomic E-state index is 11.2. The van der Waals surface area contributed by atoms with E-state index in [0.717, 1.165) is 25.9 Å². The molecule has 1 aliphatic rings. The van der Waals surface area contributed by atoms with E-state index in [1.165, 1.54) is 57.4 Å². The third kappa shape index (κ3) is 11.4. The molecule has 1 N–H and O–H groups in total. The number of aryl methyl sites for hydroxylation is 1. The Morgan fingerprint density at radius 1 is 0.964 bits per heavy atom. The zero-order valence-corrected chi connectivity index (χ0v) is 18.5. The summed E-state index contributed by atoms with van der Waals surface area (Å²) in [5, 5.41) is 3.07. The summed E-state index contributed by atoms with van der Waals surface area (Å²) in [5.41, 5.74) is 0.664. The highest BCUT2D eigenvalue weighted by Crippen LogP contribution is 2.18. The number of hydrogen-bond acceptors (Lipinski definition) is 4. The average Bonchev–Trinajstić information content (AvgIpc) is 3.14. The van der Waals surface area contributed by atoms with Crippen LogP contribution in [0.4, 0.5) is 0 Å². The van der Waals surface area contributed by atoms with E-state index in [2.05, 4.69) is 23.9 Å². The molecule has 2 rings (SSSR count). The highest BCUT2D eigenvalue weighted by molar-refractivity contribution is 7.85. The Morgan fingerprint density at radius 2 is 1.54 bits per heavy atom. The van der Waals surface area contributed by atoms with Crippen LogP contribution in [0.1, 0.15) is 76.7 Å². The molecule has 0 unspecified atom stereocenters. The number of nitrogens with one attached hydrogen (secondary N) is 1. The second-order valence-corrected chi connectivity index (χ2v) is 8.91. The van der Waals surface area contributed by atoms with Crippen LogP contribution >= 0.6 is 0 Å². The third-order valence-electron chi connectivity index (χ3n) is 4.96. The van der Waals surface area contributed by atoms with Gasteiger partial charge in [0.2, 0.25) is 6.34 Å². The molecule has 1 aromatic rings. The molecular weight excluding hydrogens is 372 g/mol. The minimum atomic E-state index is -4.35. The first-order chi connectivity index (χ1) is 13.4. The summed E-state index contributed by atoms with van der Waals surface area (Å²) in [6, 6.07) is 6.56.